The summed E-state index contributed by atoms with van der Waals surface area (Å²) in [5.74, 6) is -0.509. The Balaban J connectivity index is 2.15. The van der Waals surface area contributed by atoms with Crippen LogP contribution in [0.1, 0.15) is 34.1 Å². The number of piperidine rings is 1. The summed E-state index contributed by atoms with van der Waals surface area (Å²) in [5.41, 5.74) is 2.43. The van der Waals surface area contributed by atoms with E-state index in [0.717, 1.165) is 31.6 Å². The predicted octanol–water partition coefficient (Wildman–Crippen LogP) is 1.65. The first-order chi connectivity index (χ1) is 7.18. The number of carboxylic acid groups (broad SMARTS) is 1. The van der Waals surface area contributed by atoms with E-state index in [1.807, 2.05) is 0 Å². The van der Waals surface area contributed by atoms with Crippen LogP contribution in [0.3, 0.4) is 0 Å². The molecule has 82 valence electrons. The van der Waals surface area contributed by atoms with Crippen molar-refractivity contribution >= 4 is 17.3 Å². The zero-order valence-electron chi connectivity index (χ0n) is 8.64. The summed E-state index contributed by atoms with van der Waals surface area (Å²) in [6.07, 6.45) is 2.03. The number of hydrogen-bond acceptors (Lipinski definition) is 4. The molecule has 0 radical (unpaired) electrons. The van der Waals surface area contributed by atoms with Gasteiger partial charge in [0.2, 0.25) is 0 Å². The normalized spacial score (nSPS) is 19.3. The highest BCUT2D eigenvalue weighted by atomic mass is 32.1. The van der Waals surface area contributed by atoms with Crippen molar-refractivity contribution in [2.24, 2.45) is 0 Å². The SMILES string of the molecule is CN1CCC(c2ncsc2C(=O)O)CC1. The van der Waals surface area contributed by atoms with E-state index in [1.165, 1.54) is 11.3 Å². The van der Waals surface area contributed by atoms with Gasteiger partial charge in [-0.2, -0.15) is 0 Å². The fourth-order valence-corrected chi connectivity index (χ4v) is 2.70. The minimum absolute atomic E-state index is 0.332. The average molecular weight is 226 g/mol. The van der Waals surface area contributed by atoms with Crippen LogP contribution in [0.5, 0.6) is 0 Å². The first kappa shape index (κ1) is 10.6. The molecule has 5 heteroatoms. The van der Waals surface area contributed by atoms with Gasteiger partial charge in [-0.3, -0.25) is 0 Å². The number of hydrogen-bond donors (Lipinski definition) is 1. The molecule has 0 spiro atoms. The van der Waals surface area contributed by atoms with Gasteiger partial charge in [-0.25, -0.2) is 9.78 Å². The highest BCUT2D eigenvalue weighted by Gasteiger charge is 2.25. The van der Waals surface area contributed by atoms with Crippen LogP contribution in [0, 0.1) is 0 Å². The van der Waals surface area contributed by atoms with E-state index in [2.05, 4.69) is 16.9 Å². The lowest BCUT2D eigenvalue weighted by molar-refractivity contribution is 0.0699. The number of carbonyl (C=O) groups is 1. The van der Waals surface area contributed by atoms with Gasteiger partial charge in [0.1, 0.15) is 4.88 Å². The maximum atomic E-state index is 10.9. The Morgan fingerprint density at radius 2 is 2.27 bits per heavy atom. The summed E-state index contributed by atoms with van der Waals surface area (Å²) in [5, 5.41) is 9.00. The molecule has 1 saturated heterocycles. The summed E-state index contributed by atoms with van der Waals surface area (Å²) in [7, 11) is 2.09. The van der Waals surface area contributed by atoms with E-state index < -0.39 is 5.97 Å². The maximum Gasteiger partial charge on any atom is 0.347 e. The van der Waals surface area contributed by atoms with Crippen LogP contribution in [0.4, 0.5) is 0 Å². The molecule has 15 heavy (non-hydrogen) atoms. The van der Waals surface area contributed by atoms with Crippen molar-refractivity contribution in [1.82, 2.24) is 9.88 Å². The number of likely N-dealkylation sites (tertiary alicyclic amines) is 1. The van der Waals surface area contributed by atoms with Crippen LogP contribution in [0.15, 0.2) is 5.51 Å². The molecule has 0 saturated carbocycles. The second-order valence-corrected chi connectivity index (χ2v) is 4.80. The number of aromatic nitrogens is 1. The van der Waals surface area contributed by atoms with E-state index in [1.54, 1.807) is 5.51 Å². The Morgan fingerprint density at radius 3 is 2.87 bits per heavy atom. The molecule has 2 heterocycles. The fraction of sp³-hybridized carbons (Fsp3) is 0.600. The quantitative estimate of drug-likeness (QED) is 0.833. The van der Waals surface area contributed by atoms with Crippen molar-refractivity contribution in [2.75, 3.05) is 20.1 Å². The minimum atomic E-state index is -0.841. The van der Waals surface area contributed by atoms with E-state index in [0.29, 0.717) is 10.8 Å². The van der Waals surface area contributed by atoms with Gasteiger partial charge >= 0.3 is 5.97 Å². The van der Waals surface area contributed by atoms with Crippen LogP contribution in [0.2, 0.25) is 0 Å². The third-order valence-electron chi connectivity index (χ3n) is 2.89. The number of nitrogens with zero attached hydrogens (tertiary/aromatic N) is 2. The van der Waals surface area contributed by atoms with Crippen molar-refractivity contribution in [3.63, 3.8) is 0 Å². The molecule has 1 aromatic heterocycles. The minimum Gasteiger partial charge on any atom is -0.477 e. The first-order valence-electron chi connectivity index (χ1n) is 5.03. The van der Waals surface area contributed by atoms with Crippen molar-refractivity contribution in [1.29, 1.82) is 0 Å². The Labute approximate surface area is 92.6 Å². The van der Waals surface area contributed by atoms with Gasteiger partial charge in [0.25, 0.3) is 0 Å². The van der Waals surface area contributed by atoms with Crippen molar-refractivity contribution in [3.05, 3.63) is 16.1 Å². The first-order valence-corrected chi connectivity index (χ1v) is 5.91. The van der Waals surface area contributed by atoms with Crippen molar-refractivity contribution in [3.8, 4) is 0 Å². The molecule has 1 aliphatic heterocycles. The number of thiazole rings is 1. The molecule has 0 bridgehead atoms. The number of aromatic carboxylic acids is 1. The van der Waals surface area contributed by atoms with Gasteiger partial charge in [-0.05, 0) is 33.0 Å². The van der Waals surface area contributed by atoms with E-state index >= 15 is 0 Å². The van der Waals surface area contributed by atoms with E-state index in [-0.39, 0.29) is 0 Å². The lowest BCUT2D eigenvalue weighted by Gasteiger charge is -2.28. The van der Waals surface area contributed by atoms with Crippen molar-refractivity contribution < 1.29 is 9.90 Å². The van der Waals surface area contributed by atoms with Crippen LogP contribution in [0.25, 0.3) is 0 Å². The maximum absolute atomic E-state index is 10.9. The molecule has 1 N–H and O–H groups in total. The van der Waals surface area contributed by atoms with Gasteiger partial charge < -0.3 is 10.0 Å². The lowest BCUT2D eigenvalue weighted by Crippen LogP contribution is -2.29. The van der Waals surface area contributed by atoms with Gasteiger partial charge in [0.05, 0.1) is 11.2 Å². The Morgan fingerprint density at radius 1 is 1.60 bits per heavy atom. The largest absolute Gasteiger partial charge is 0.477 e. The van der Waals surface area contributed by atoms with Crippen molar-refractivity contribution in [2.45, 2.75) is 18.8 Å². The zero-order valence-corrected chi connectivity index (χ0v) is 9.46. The van der Waals surface area contributed by atoms with Gasteiger partial charge in [-0.1, -0.05) is 0 Å². The second kappa shape index (κ2) is 4.28. The Kier molecular flexibility index (Phi) is 3.02. The number of rotatable bonds is 2. The van der Waals surface area contributed by atoms with E-state index in [4.69, 9.17) is 5.11 Å². The summed E-state index contributed by atoms with van der Waals surface area (Å²) in [6, 6.07) is 0. The summed E-state index contributed by atoms with van der Waals surface area (Å²) >= 11 is 1.23. The number of carboxylic acids is 1. The average Bonchev–Trinajstić information content (AvgIpc) is 2.67. The monoisotopic (exact) mass is 226 g/mol. The Bertz CT molecular complexity index is 356. The topological polar surface area (TPSA) is 53.4 Å². The molecule has 0 aliphatic carbocycles. The fourth-order valence-electron chi connectivity index (χ4n) is 1.99. The molecular weight excluding hydrogens is 212 g/mol. The van der Waals surface area contributed by atoms with Crippen LogP contribution < -0.4 is 0 Å². The molecule has 0 aromatic carbocycles. The van der Waals surface area contributed by atoms with Crippen LogP contribution in [-0.2, 0) is 0 Å². The standard InChI is InChI=1S/C10H14N2O2S/c1-12-4-2-7(3-5-12)8-9(10(13)14)15-6-11-8/h6-7H,2-5H2,1H3,(H,13,14). The lowest BCUT2D eigenvalue weighted by atomic mass is 9.93. The molecule has 1 fully saturated rings. The molecule has 1 aliphatic rings. The second-order valence-electron chi connectivity index (χ2n) is 3.95. The highest BCUT2D eigenvalue weighted by Crippen LogP contribution is 2.30. The van der Waals surface area contributed by atoms with Gasteiger partial charge in [-0.15, -0.1) is 11.3 Å². The van der Waals surface area contributed by atoms with Crippen LogP contribution >= 0.6 is 11.3 Å². The molecule has 0 amide bonds. The third-order valence-corrected chi connectivity index (χ3v) is 3.72. The molecule has 2 rings (SSSR count). The predicted molar refractivity (Wildman–Crippen MR) is 58.5 cm³/mol. The molecular formula is C10H14N2O2S. The summed E-state index contributed by atoms with van der Waals surface area (Å²) in [4.78, 5) is 17.8. The zero-order chi connectivity index (χ0) is 10.8. The highest BCUT2D eigenvalue weighted by molar-refractivity contribution is 7.11. The van der Waals surface area contributed by atoms with Gasteiger partial charge in [0, 0.05) is 5.92 Å². The summed E-state index contributed by atoms with van der Waals surface area (Å²) in [6.45, 7) is 2.06. The van der Waals surface area contributed by atoms with E-state index in [9.17, 15) is 4.79 Å². The molecule has 0 atom stereocenters. The summed E-state index contributed by atoms with van der Waals surface area (Å²) < 4.78 is 0. The van der Waals surface area contributed by atoms with Gasteiger partial charge in [0.15, 0.2) is 0 Å². The molecule has 4 nitrogen and oxygen atoms in total. The molecule has 0 unspecified atom stereocenters. The smallest absolute Gasteiger partial charge is 0.347 e. The third kappa shape index (κ3) is 2.18. The molecule has 1 aromatic rings. The van der Waals surface area contributed by atoms with Crippen LogP contribution in [-0.4, -0.2) is 41.1 Å². The Hall–Kier alpha value is -0.940.